The lowest BCUT2D eigenvalue weighted by Crippen LogP contribution is -1.99. The highest BCUT2D eigenvalue weighted by Gasteiger charge is 2.03. The number of aliphatic carboxylic acids is 1. The lowest BCUT2D eigenvalue weighted by Gasteiger charge is -2.06. The van der Waals surface area contributed by atoms with E-state index < -0.39 is 5.97 Å². The lowest BCUT2D eigenvalue weighted by atomic mass is 9.99. The fourth-order valence-electron chi connectivity index (χ4n) is 3.00. The topological polar surface area (TPSA) is 54.4 Å². The van der Waals surface area contributed by atoms with Crippen LogP contribution in [0.1, 0.15) is 110 Å². The van der Waals surface area contributed by atoms with Crippen molar-refractivity contribution in [2.24, 2.45) is 5.92 Å². The van der Waals surface area contributed by atoms with E-state index >= 15 is 0 Å². The van der Waals surface area contributed by atoms with Gasteiger partial charge in [-0.1, -0.05) is 84.0 Å². The molecule has 0 fully saturated rings. The summed E-state index contributed by atoms with van der Waals surface area (Å²) in [4.78, 5) is 21.1. The largest absolute Gasteiger partial charge is 0.481 e. The maximum atomic E-state index is 10.7. The second-order valence-corrected chi connectivity index (χ2v) is 6.83. The summed E-state index contributed by atoms with van der Waals surface area (Å²) in [6.07, 6.45) is 19.7. The van der Waals surface area contributed by atoms with Gasteiger partial charge in [0.15, 0.2) is 0 Å². The molecule has 0 aromatic rings. The van der Waals surface area contributed by atoms with Crippen molar-refractivity contribution < 1.29 is 14.7 Å². The van der Waals surface area contributed by atoms with Gasteiger partial charge in [-0.2, -0.15) is 0 Å². The third-order valence-electron chi connectivity index (χ3n) is 4.68. The molecule has 0 aromatic heterocycles. The van der Waals surface area contributed by atoms with Crippen molar-refractivity contribution >= 4 is 12.3 Å². The summed E-state index contributed by atoms with van der Waals surface area (Å²) >= 11 is 0. The Labute approximate surface area is 143 Å². The van der Waals surface area contributed by atoms with Gasteiger partial charge in [0.1, 0.15) is 6.29 Å². The van der Waals surface area contributed by atoms with Gasteiger partial charge in [0.25, 0.3) is 0 Å². The fourth-order valence-corrected chi connectivity index (χ4v) is 3.00. The number of carbonyl (C=O) groups excluding carboxylic acids is 1. The van der Waals surface area contributed by atoms with Gasteiger partial charge in [-0.3, -0.25) is 4.79 Å². The van der Waals surface area contributed by atoms with Crippen molar-refractivity contribution in [2.75, 3.05) is 0 Å². The molecule has 23 heavy (non-hydrogen) atoms. The summed E-state index contributed by atoms with van der Waals surface area (Å²) in [6, 6.07) is 0. The van der Waals surface area contributed by atoms with E-state index in [1.807, 2.05) is 0 Å². The third-order valence-corrected chi connectivity index (χ3v) is 4.68. The predicted octanol–water partition coefficient (Wildman–Crippen LogP) is 6.15. The smallest absolute Gasteiger partial charge is 0.303 e. The molecule has 0 aliphatic carbocycles. The van der Waals surface area contributed by atoms with Crippen molar-refractivity contribution in [3.05, 3.63) is 0 Å². The molecule has 136 valence electrons. The van der Waals surface area contributed by atoms with Gasteiger partial charge in [0.2, 0.25) is 0 Å². The Hall–Kier alpha value is -0.860. The summed E-state index contributed by atoms with van der Waals surface area (Å²) in [6.45, 7) is 2.09. The first-order valence-electron chi connectivity index (χ1n) is 9.87. The fraction of sp³-hybridized carbons (Fsp3) is 0.900. The van der Waals surface area contributed by atoms with Crippen molar-refractivity contribution in [1.29, 1.82) is 0 Å². The number of carbonyl (C=O) groups is 2. The molecule has 0 radical (unpaired) electrons. The first-order chi connectivity index (χ1) is 11.2. The van der Waals surface area contributed by atoms with Gasteiger partial charge in [0.05, 0.1) is 0 Å². The quantitative estimate of drug-likeness (QED) is 0.243. The van der Waals surface area contributed by atoms with E-state index in [4.69, 9.17) is 5.11 Å². The van der Waals surface area contributed by atoms with Crippen molar-refractivity contribution in [3.63, 3.8) is 0 Å². The Balaban J connectivity index is 3.08. The van der Waals surface area contributed by atoms with E-state index in [0.717, 1.165) is 32.0 Å². The molecule has 1 N–H and O–H groups in total. The molecule has 0 aliphatic heterocycles. The van der Waals surface area contributed by atoms with Crippen LogP contribution in [0.3, 0.4) is 0 Å². The molecule has 1 atom stereocenters. The van der Waals surface area contributed by atoms with E-state index in [9.17, 15) is 9.59 Å². The van der Waals surface area contributed by atoms with Crippen LogP contribution in [0.2, 0.25) is 0 Å². The van der Waals surface area contributed by atoms with Crippen molar-refractivity contribution in [3.8, 4) is 0 Å². The molecule has 1 unspecified atom stereocenters. The first-order valence-corrected chi connectivity index (χ1v) is 9.87. The number of hydrogen-bond acceptors (Lipinski definition) is 2. The maximum Gasteiger partial charge on any atom is 0.303 e. The van der Waals surface area contributed by atoms with E-state index in [2.05, 4.69) is 6.92 Å². The standard InChI is InChI=1S/C20H38O3/c1-2-19(18-21)16-14-12-10-8-6-4-3-5-7-9-11-13-15-17-20(22)23/h18-19H,2-17H2,1H3,(H,22,23). The monoisotopic (exact) mass is 326 g/mol. The van der Waals surface area contributed by atoms with Gasteiger partial charge in [-0.25, -0.2) is 0 Å². The van der Waals surface area contributed by atoms with Crippen LogP contribution >= 0.6 is 0 Å². The van der Waals surface area contributed by atoms with Gasteiger partial charge in [-0.15, -0.1) is 0 Å². The summed E-state index contributed by atoms with van der Waals surface area (Å²) in [7, 11) is 0. The number of aldehydes is 1. The number of unbranched alkanes of at least 4 members (excludes halogenated alkanes) is 12. The molecule has 0 heterocycles. The van der Waals surface area contributed by atoms with Crippen LogP contribution in [0.15, 0.2) is 0 Å². The molecule has 3 nitrogen and oxygen atoms in total. The van der Waals surface area contributed by atoms with Crippen LogP contribution in [0.4, 0.5) is 0 Å². The minimum absolute atomic E-state index is 0.291. The van der Waals surface area contributed by atoms with Crippen LogP contribution in [0.5, 0.6) is 0 Å². The Kier molecular flexibility index (Phi) is 16.8. The van der Waals surface area contributed by atoms with E-state index in [1.165, 1.54) is 70.6 Å². The van der Waals surface area contributed by atoms with E-state index in [0.29, 0.717) is 12.3 Å². The van der Waals surface area contributed by atoms with Crippen LogP contribution in [-0.4, -0.2) is 17.4 Å². The summed E-state index contributed by atoms with van der Waals surface area (Å²) < 4.78 is 0. The third kappa shape index (κ3) is 17.3. The molecule has 0 saturated heterocycles. The molecular formula is C20H38O3. The van der Waals surface area contributed by atoms with Crippen LogP contribution in [0.25, 0.3) is 0 Å². The van der Waals surface area contributed by atoms with Gasteiger partial charge in [0, 0.05) is 12.3 Å². The van der Waals surface area contributed by atoms with Crippen LogP contribution < -0.4 is 0 Å². The van der Waals surface area contributed by atoms with E-state index in [1.54, 1.807) is 0 Å². The molecule has 0 spiro atoms. The first kappa shape index (κ1) is 22.1. The SMILES string of the molecule is CCC(C=O)CCCCCCCCCCCCCCCC(=O)O. The Bertz CT molecular complexity index is 276. The average Bonchev–Trinajstić information content (AvgIpc) is 2.54. The van der Waals surface area contributed by atoms with Gasteiger partial charge < -0.3 is 9.90 Å². The van der Waals surface area contributed by atoms with Gasteiger partial charge >= 0.3 is 5.97 Å². The number of carboxylic acids is 1. The van der Waals surface area contributed by atoms with E-state index in [-0.39, 0.29) is 0 Å². The number of rotatable bonds is 18. The highest BCUT2D eigenvalue weighted by molar-refractivity contribution is 5.66. The molecule has 0 saturated carbocycles. The summed E-state index contributed by atoms with van der Waals surface area (Å²) in [5.41, 5.74) is 0. The second kappa shape index (κ2) is 17.5. The Morgan fingerprint density at radius 2 is 1.17 bits per heavy atom. The number of carboxylic acid groups (broad SMARTS) is 1. The normalized spacial score (nSPS) is 12.2. The van der Waals surface area contributed by atoms with Gasteiger partial charge in [-0.05, 0) is 19.3 Å². The summed E-state index contributed by atoms with van der Waals surface area (Å²) in [5.74, 6) is -0.377. The zero-order chi connectivity index (χ0) is 17.2. The maximum absolute atomic E-state index is 10.7. The summed E-state index contributed by atoms with van der Waals surface area (Å²) in [5, 5.41) is 8.54. The minimum Gasteiger partial charge on any atom is -0.481 e. The zero-order valence-corrected chi connectivity index (χ0v) is 15.2. The minimum atomic E-state index is -0.668. The highest BCUT2D eigenvalue weighted by Crippen LogP contribution is 2.15. The molecule has 0 rings (SSSR count). The number of hydrogen-bond donors (Lipinski definition) is 1. The molecule has 0 amide bonds. The lowest BCUT2D eigenvalue weighted by molar-refractivity contribution is -0.137. The van der Waals surface area contributed by atoms with Crippen molar-refractivity contribution in [2.45, 2.75) is 110 Å². The highest BCUT2D eigenvalue weighted by atomic mass is 16.4. The van der Waals surface area contributed by atoms with Crippen LogP contribution in [-0.2, 0) is 9.59 Å². The van der Waals surface area contributed by atoms with Crippen molar-refractivity contribution in [1.82, 2.24) is 0 Å². The Morgan fingerprint density at radius 1 is 0.783 bits per heavy atom. The molecule has 0 aromatic carbocycles. The molecular weight excluding hydrogens is 288 g/mol. The second-order valence-electron chi connectivity index (χ2n) is 6.83. The Morgan fingerprint density at radius 3 is 1.52 bits per heavy atom. The molecule has 0 aliphatic rings. The zero-order valence-electron chi connectivity index (χ0n) is 15.2. The molecule has 0 bridgehead atoms. The molecule has 3 heteroatoms. The van der Waals surface area contributed by atoms with Crippen LogP contribution in [0, 0.1) is 5.92 Å². The predicted molar refractivity (Wildman–Crippen MR) is 96.7 cm³/mol. The average molecular weight is 327 g/mol.